The van der Waals surface area contributed by atoms with Gasteiger partial charge < -0.3 is 9.84 Å². The zero-order chi connectivity index (χ0) is 13.8. The van der Waals surface area contributed by atoms with Crippen LogP contribution < -0.4 is 4.74 Å². The lowest BCUT2D eigenvalue weighted by Gasteiger charge is -2.15. The van der Waals surface area contributed by atoms with Crippen LogP contribution in [0.4, 0.5) is 0 Å². The zero-order valence-electron chi connectivity index (χ0n) is 10.4. The second-order valence-corrected chi connectivity index (χ2v) is 6.17. The van der Waals surface area contributed by atoms with Gasteiger partial charge in [0.15, 0.2) is 0 Å². The molecule has 0 aliphatic heterocycles. The minimum Gasteiger partial charge on any atom is -0.494 e. The molecule has 2 aromatic carbocycles. The molecule has 0 saturated heterocycles. The molecule has 0 fully saturated rings. The summed E-state index contributed by atoms with van der Waals surface area (Å²) in [5, 5.41) is 10.4. The molecule has 2 aromatic rings. The Morgan fingerprint density at radius 3 is 2.68 bits per heavy atom. The fourth-order valence-corrected chi connectivity index (χ4v) is 2.98. The molecule has 1 atom stereocenters. The third kappa shape index (κ3) is 3.70. The molecule has 0 amide bonds. The minimum absolute atomic E-state index is 0.630. The highest BCUT2D eigenvalue weighted by Gasteiger charge is 2.14. The Bertz CT molecular complexity index is 572. The monoisotopic (exact) mass is 432 g/mol. The van der Waals surface area contributed by atoms with Gasteiger partial charge in [0.1, 0.15) is 11.9 Å². The van der Waals surface area contributed by atoms with Crippen LogP contribution in [0.15, 0.2) is 46.9 Å². The van der Waals surface area contributed by atoms with E-state index in [2.05, 4.69) is 38.5 Å². The van der Waals surface area contributed by atoms with Crippen LogP contribution in [-0.4, -0.2) is 11.7 Å². The summed E-state index contributed by atoms with van der Waals surface area (Å²) in [7, 11) is 0. The van der Waals surface area contributed by atoms with Crippen molar-refractivity contribution in [2.45, 2.75) is 13.0 Å². The largest absolute Gasteiger partial charge is 0.494 e. The third-order valence-corrected chi connectivity index (χ3v) is 4.10. The molecule has 100 valence electrons. The van der Waals surface area contributed by atoms with Crippen molar-refractivity contribution in [2.24, 2.45) is 0 Å². The van der Waals surface area contributed by atoms with Gasteiger partial charge in [0.25, 0.3) is 0 Å². The predicted molar refractivity (Wildman–Crippen MR) is 88.5 cm³/mol. The summed E-state index contributed by atoms with van der Waals surface area (Å²) in [6.07, 6.45) is -0.639. The van der Waals surface area contributed by atoms with Crippen molar-refractivity contribution in [1.82, 2.24) is 0 Å². The molecule has 0 spiro atoms. The number of aliphatic hydroxyl groups is 1. The number of halogens is 2. The highest BCUT2D eigenvalue weighted by Crippen LogP contribution is 2.31. The lowest BCUT2D eigenvalue weighted by molar-refractivity contribution is 0.219. The van der Waals surface area contributed by atoms with Crippen molar-refractivity contribution in [3.8, 4) is 5.75 Å². The van der Waals surface area contributed by atoms with Gasteiger partial charge in [-0.15, -0.1) is 0 Å². The van der Waals surface area contributed by atoms with Gasteiger partial charge in [0.2, 0.25) is 0 Å². The van der Waals surface area contributed by atoms with Crippen molar-refractivity contribution < 1.29 is 9.84 Å². The molecule has 2 rings (SSSR count). The summed E-state index contributed by atoms with van der Waals surface area (Å²) in [5.74, 6) is 0.799. The Labute approximate surface area is 135 Å². The topological polar surface area (TPSA) is 29.5 Å². The van der Waals surface area contributed by atoms with E-state index in [-0.39, 0.29) is 0 Å². The summed E-state index contributed by atoms with van der Waals surface area (Å²) < 4.78 is 7.39. The first kappa shape index (κ1) is 14.8. The Kier molecular flexibility index (Phi) is 5.24. The summed E-state index contributed by atoms with van der Waals surface area (Å²) in [5.41, 5.74) is 1.72. The van der Waals surface area contributed by atoms with Gasteiger partial charge in [-0.3, -0.25) is 0 Å². The maximum Gasteiger partial charge on any atom is 0.120 e. The van der Waals surface area contributed by atoms with Gasteiger partial charge in [-0.25, -0.2) is 0 Å². The van der Waals surface area contributed by atoms with E-state index >= 15 is 0 Å². The maximum absolute atomic E-state index is 10.4. The van der Waals surface area contributed by atoms with E-state index in [0.29, 0.717) is 6.61 Å². The normalized spacial score (nSPS) is 12.2. The standard InChI is InChI=1S/C15H14BrIO2/c1-2-19-12-6-7-13(14(16)9-12)15(18)10-4-3-5-11(17)8-10/h3-9,15,18H,2H2,1H3. The number of hydrogen-bond donors (Lipinski definition) is 1. The first-order chi connectivity index (χ1) is 9.11. The molecular weight excluding hydrogens is 419 g/mol. The lowest BCUT2D eigenvalue weighted by Crippen LogP contribution is -2.01. The molecule has 4 heteroatoms. The Hall–Kier alpha value is -0.590. The first-order valence-corrected chi connectivity index (χ1v) is 7.84. The highest BCUT2D eigenvalue weighted by atomic mass is 127. The van der Waals surface area contributed by atoms with Gasteiger partial charge in [0, 0.05) is 8.04 Å². The van der Waals surface area contributed by atoms with Crippen LogP contribution in [0.5, 0.6) is 5.75 Å². The van der Waals surface area contributed by atoms with E-state index < -0.39 is 6.10 Å². The third-order valence-electron chi connectivity index (χ3n) is 2.74. The smallest absolute Gasteiger partial charge is 0.120 e. The van der Waals surface area contributed by atoms with Crippen molar-refractivity contribution in [2.75, 3.05) is 6.61 Å². The van der Waals surface area contributed by atoms with Crippen molar-refractivity contribution in [3.63, 3.8) is 0 Å². The van der Waals surface area contributed by atoms with Crippen LogP contribution in [0.2, 0.25) is 0 Å². The number of rotatable bonds is 4. The minimum atomic E-state index is -0.639. The maximum atomic E-state index is 10.4. The number of benzene rings is 2. The van der Waals surface area contributed by atoms with Gasteiger partial charge in [0.05, 0.1) is 6.61 Å². The quantitative estimate of drug-likeness (QED) is 0.719. The van der Waals surface area contributed by atoms with E-state index in [1.165, 1.54) is 0 Å². The fraction of sp³-hybridized carbons (Fsp3) is 0.200. The molecule has 19 heavy (non-hydrogen) atoms. The summed E-state index contributed by atoms with van der Waals surface area (Å²) in [6.45, 7) is 2.58. The number of aliphatic hydroxyl groups excluding tert-OH is 1. The van der Waals surface area contributed by atoms with E-state index in [9.17, 15) is 5.11 Å². The molecule has 1 unspecified atom stereocenters. The molecule has 0 bridgehead atoms. The van der Waals surface area contributed by atoms with Crippen LogP contribution in [-0.2, 0) is 0 Å². The van der Waals surface area contributed by atoms with Crippen LogP contribution in [0.1, 0.15) is 24.2 Å². The highest BCUT2D eigenvalue weighted by molar-refractivity contribution is 14.1. The van der Waals surface area contributed by atoms with Crippen LogP contribution in [0.25, 0.3) is 0 Å². The van der Waals surface area contributed by atoms with E-state index in [4.69, 9.17) is 4.74 Å². The van der Waals surface area contributed by atoms with Crippen molar-refractivity contribution in [1.29, 1.82) is 0 Å². The molecule has 0 aliphatic rings. The summed E-state index contributed by atoms with van der Waals surface area (Å²) in [4.78, 5) is 0. The zero-order valence-corrected chi connectivity index (χ0v) is 14.2. The van der Waals surface area contributed by atoms with E-state index in [1.807, 2.05) is 49.4 Å². The summed E-state index contributed by atoms with van der Waals surface area (Å²) >= 11 is 5.73. The average Bonchev–Trinajstić information content (AvgIpc) is 2.38. The van der Waals surface area contributed by atoms with Gasteiger partial charge >= 0.3 is 0 Å². The molecule has 1 N–H and O–H groups in total. The average molecular weight is 433 g/mol. The molecule has 0 aromatic heterocycles. The number of hydrogen-bond acceptors (Lipinski definition) is 2. The Morgan fingerprint density at radius 2 is 2.05 bits per heavy atom. The molecule has 0 heterocycles. The van der Waals surface area contributed by atoms with Crippen molar-refractivity contribution in [3.05, 3.63) is 61.6 Å². The van der Waals surface area contributed by atoms with Crippen molar-refractivity contribution >= 4 is 38.5 Å². The number of ether oxygens (including phenoxy) is 1. The Balaban J connectivity index is 2.31. The summed E-state index contributed by atoms with van der Waals surface area (Å²) in [6, 6.07) is 13.5. The Morgan fingerprint density at radius 1 is 1.26 bits per heavy atom. The van der Waals surface area contributed by atoms with Gasteiger partial charge in [-0.1, -0.05) is 34.1 Å². The van der Waals surface area contributed by atoms with Gasteiger partial charge in [-0.05, 0) is 64.9 Å². The second kappa shape index (κ2) is 6.72. The molecule has 0 radical (unpaired) electrons. The molecule has 2 nitrogen and oxygen atoms in total. The molecule has 0 aliphatic carbocycles. The SMILES string of the molecule is CCOc1ccc(C(O)c2cccc(I)c2)c(Br)c1. The van der Waals surface area contributed by atoms with Crippen LogP contribution in [0, 0.1) is 3.57 Å². The fourth-order valence-electron chi connectivity index (χ4n) is 1.84. The van der Waals surface area contributed by atoms with E-state index in [1.54, 1.807) is 0 Å². The lowest BCUT2D eigenvalue weighted by atomic mass is 10.0. The second-order valence-electron chi connectivity index (χ2n) is 4.07. The molecular formula is C15H14BrIO2. The van der Waals surface area contributed by atoms with Gasteiger partial charge in [-0.2, -0.15) is 0 Å². The van der Waals surface area contributed by atoms with Crippen LogP contribution >= 0.6 is 38.5 Å². The van der Waals surface area contributed by atoms with Crippen LogP contribution in [0.3, 0.4) is 0 Å². The predicted octanol–water partition coefficient (Wildman–Crippen LogP) is 4.53. The first-order valence-electron chi connectivity index (χ1n) is 5.97. The van der Waals surface area contributed by atoms with E-state index in [0.717, 1.165) is 24.9 Å². The molecule has 0 saturated carbocycles.